The van der Waals surface area contributed by atoms with Crippen LogP contribution < -0.4 is 0 Å². The summed E-state index contributed by atoms with van der Waals surface area (Å²) in [5, 5.41) is 0.0616. The van der Waals surface area contributed by atoms with Gasteiger partial charge in [0.25, 0.3) is 0 Å². The number of carbonyl (C=O) groups excluding carboxylic acids is 1. The molecule has 7 heteroatoms. The Morgan fingerprint density at radius 3 is 2.55 bits per heavy atom. The van der Waals surface area contributed by atoms with Gasteiger partial charge in [0.1, 0.15) is 31.2 Å². The van der Waals surface area contributed by atoms with E-state index in [-0.39, 0.29) is 43.0 Å². The third-order valence-electron chi connectivity index (χ3n) is 4.94. The molecule has 3 atom stereocenters. The lowest BCUT2D eigenvalue weighted by molar-refractivity contribution is -0.137. The Morgan fingerprint density at radius 1 is 1.36 bits per heavy atom. The van der Waals surface area contributed by atoms with Gasteiger partial charge in [-0.3, -0.25) is 4.79 Å². The first kappa shape index (κ1) is 17.9. The van der Waals surface area contributed by atoms with E-state index >= 15 is 0 Å². The van der Waals surface area contributed by atoms with E-state index in [1.54, 1.807) is 7.11 Å². The van der Waals surface area contributed by atoms with E-state index in [9.17, 15) is 4.79 Å². The Bertz CT molecular complexity index is 419. The molecule has 0 bridgehead atoms. The number of methoxy groups -OCH3 is 1. The van der Waals surface area contributed by atoms with Crippen molar-refractivity contribution in [3.05, 3.63) is 0 Å². The SMILES string of the molecule is COCO[C@@H]1CO[C@]2(COC(=O)C2)[C@H]1O[Si](C)(C)C(C)(C)C. The van der Waals surface area contributed by atoms with Gasteiger partial charge in [0, 0.05) is 7.11 Å². The molecule has 2 fully saturated rings. The van der Waals surface area contributed by atoms with Gasteiger partial charge in [0.2, 0.25) is 0 Å². The van der Waals surface area contributed by atoms with Crippen LogP contribution in [0.5, 0.6) is 0 Å². The van der Waals surface area contributed by atoms with Crippen LogP contribution in [0, 0.1) is 0 Å². The summed E-state index contributed by atoms with van der Waals surface area (Å²) in [5.74, 6) is -0.240. The zero-order chi connectivity index (χ0) is 16.6. The van der Waals surface area contributed by atoms with Crippen LogP contribution in [0.25, 0.3) is 0 Å². The Labute approximate surface area is 133 Å². The minimum Gasteiger partial charge on any atom is -0.462 e. The number of rotatable bonds is 5. The van der Waals surface area contributed by atoms with Crippen LogP contribution in [0.3, 0.4) is 0 Å². The first-order valence-electron chi connectivity index (χ1n) is 7.69. The van der Waals surface area contributed by atoms with E-state index in [4.69, 9.17) is 23.4 Å². The summed E-state index contributed by atoms with van der Waals surface area (Å²) in [6.07, 6.45) is -0.336. The van der Waals surface area contributed by atoms with E-state index in [2.05, 4.69) is 33.9 Å². The van der Waals surface area contributed by atoms with E-state index in [1.165, 1.54) is 0 Å². The molecule has 2 aliphatic heterocycles. The zero-order valence-corrected chi connectivity index (χ0v) is 15.4. The smallest absolute Gasteiger partial charge is 0.309 e. The molecule has 0 amide bonds. The lowest BCUT2D eigenvalue weighted by Gasteiger charge is -2.42. The summed E-state index contributed by atoms with van der Waals surface area (Å²) in [7, 11) is -0.453. The van der Waals surface area contributed by atoms with Crippen LogP contribution in [-0.4, -0.2) is 59.2 Å². The molecule has 2 aliphatic rings. The average Bonchev–Trinajstić information content (AvgIpc) is 2.92. The molecule has 0 aromatic heterocycles. The maximum absolute atomic E-state index is 11.6. The summed E-state index contributed by atoms with van der Waals surface area (Å²) in [6.45, 7) is 11.7. The first-order chi connectivity index (χ1) is 10.1. The number of carbonyl (C=O) groups is 1. The largest absolute Gasteiger partial charge is 0.462 e. The zero-order valence-electron chi connectivity index (χ0n) is 14.4. The van der Waals surface area contributed by atoms with Crippen molar-refractivity contribution < 1.29 is 28.2 Å². The number of hydrogen-bond acceptors (Lipinski definition) is 6. The first-order valence-corrected chi connectivity index (χ1v) is 10.6. The van der Waals surface area contributed by atoms with Gasteiger partial charge in [-0.25, -0.2) is 0 Å². The Kier molecular flexibility index (Phi) is 5.04. The molecule has 1 spiro atoms. The highest BCUT2D eigenvalue weighted by Crippen LogP contribution is 2.44. The maximum atomic E-state index is 11.6. The van der Waals surface area contributed by atoms with Crippen LogP contribution in [-0.2, 0) is 28.2 Å². The van der Waals surface area contributed by atoms with Crippen molar-refractivity contribution in [2.24, 2.45) is 0 Å². The minimum absolute atomic E-state index is 0.0616. The highest BCUT2D eigenvalue weighted by atomic mass is 28.4. The van der Waals surface area contributed by atoms with Crippen LogP contribution in [0.2, 0.25) is 18.1 Å². The topological polar surface area (TPSA) is 63.2 Å². The molecule has 0 radical (unpaired) electrons. The van der Waals surface area contributed by atoms with E-state index in [0.29, 0.717) is 6.61 Å². The molecule has 0 unspecified atom stereocenters. The molecule has 2 saturated heterocycles. The van der Waals surface area contributed by atoms with Crippen molar-refractivity contribution in [1.82, 2.24) is 0 Å². The highest BCUT2D eigenvalue weighted by molar-refractivity contribution is 6.74. The fourth-order valence-corrected chi connectivity index (χ4v) is 3.90. The number of ether oxygens (including phenoxy) is 4. The Balaban J connectivity index is 2.21. The second kappa shape index (κ2) is 6.20. The highest BCUT2D eigenvalue weighted by Gasteiger charge is 2.59. The van der Waals surface area contributed by atoms with Crippen molar-refractivity contribution in [1.29, 1.82) is 0 Å². The number of hydrogen-bond donors (Lipinski definition) is 0. The Hall–Kier alpha value is -0.473. The van der Waals surface area contributed by atoms with Crippen molar-refractivity contribution in [3.8, 4) is 0 Å². The quantitative estimate of drug-likeness (QED) is 0.436. The molecule has 0 N–H and O–H groups in total. The predicted octanol–water partition coefficient (Wildman–Crippen LogP) is 2.08. The fraction of sp³-hybridized carbons (Fsp3) is 0.933. The molecule has 0 aliphatic carbocycles. The third kappa shape index (κ3) is 3.38. The minimum atomic E-state index is -2.03. The molecule has 0 aromatic carbocycles. The van der Waals surface area contributed by atoms with E-state index < -0.39 is 13.9 Å². The molecule has 128 valence electrons. The van der Waals surface area contributed by atoms with Gasteiger partial charge in [-0.05, 0) is 18.1 Å². The molecule has 2 rings (SSSR count). The Morgan fingerprint density at radius 2 is 2.05 bits per heavy atom. The molecule has 22 heavy (non-hydrogen) atoms. The summed E-state index contributed by atoms with van der Waals surface area (Å²) in [4.78, 5) is 11.6. The van der Waals surface area contributed by atoms with Gasteiger partial charge in [-0.2, -0.15) is 0 Å². The van der Waals surface area contributed by atoms with Crippen LogP contribution in [0.15, 0.2) is 0 Å². The second-order valence-corrected chi connectivity index (χ2v) is 12.4. The lowest BCUT2D eigenvalue weighted by atomic mass is 9.95. The van der Waals surface area contributed by atoms with Crippen molar-refractivity contribution in [2.45, 2.75) is 63.1 Å². The van der Waals surface area contributed by atoms with Crippen LogP contribution in [0.1, 0.15) is 27.2 Å². The number of cyclic esters (lactones) is 1. The molecule has 6 nitrogen and oxygen atoms in total. The van der Waals surface area contributed by atoms with Gasteiger partial charge in [-0.1, -0.05) is 20.8 Å². The van der Waals surface area contributed by atoms with Crippen LogP contribution in [0.4, 0.5) is 0 Å². The average molecular weight is 332 g/mol. The van der Waals surface area contributed by atoms with Crippen LogP contribution >= 0.6 is 0 Å². The second-order valence-electron chi connectivity index (χ2n) is 7.62. The van der Waals surface area contributed by atoms with Crippen molar-refractivity contribution in [3.63, 3.8) is 0 Å². The molecule has 2 heterocycles. The van der Waals surface area contributed by atoms with Gasteiger partial charge in [0.15, 0.2) is 8.32 Å². The lowest BCUT2D eigenvalue weighted by Crippen LogP contribution is -2.54. The van der Waals surface area contributed by atoms with Gasteiger partial charge >= 0.3 is 5.97 Å². The summed E-state index contributed by atoms with van der Waals surface area (Å²) >= 11 is 0. The molecule has 0 aromatic rings. The normalized spacial score (nSPS) is 32.7. The monoisotopic (exact) mass is 332 g/mol. The molecular formula is C15H28O6Si. The van der Waals surface area contributed by atoms with Crippen molar-refractivity contribution in [2.75, 3.05) is 27.1 Å². The molecule has 0 saturated carbocycles. The summed E-state index contributed by atoms with van der Waals surface area (Å²) < 4.78 is 28.4. The summed E-state index contributed by atoms with van der Waals surface area (Å²) in [5.41, 5.74) is -0.717. The maximum Gasteiger partial charge on any atom is 0.309 e. The van der Waals surface area contributed by atoms with Gasteiger partial charge in [-0.15, -0.1) is 0 Å². The summed E-state index contributed by atoms with van der Waals surface area (Å²) in [6, 6.07) is 0. The van der Waals surface area contributed by atoms with E-state index in [0.717, 1.165) is 0 Å². The van der Waals surface area contributed by atoms with Gasteiger partial charge < -0.3 is 23.4 Å². The van der Waals surface area contributed by atoms with E-state index in [1.807, 2.05) is 0 Å². The fourth-order valence-electron chi connectivity index (χ4n) is 2.55. The standard InChI is InChI=1S/C15H28O6Si/c1-14(2,3)22(5,6)21-13-11(19-10-17-4)8-20-15(13)7-12(16)18-9-15/h11,13H,7-10H2,1-6H3/t11-,13+,15-/m1/s1. The van der Waals surface area contributed by atoms with Crippen molar-refractivity contribution >= 4 is 14.3 Å². The predicted molar refractivity (Wildman–Crippen MR) is 83.1 cm³/mol. The van der Waals surface area contributed by atoms with Gasteiger partial charge in [0.05, 0.1) is 13.0 Å². The third-order valence-corrected chi connectivity index (χ3v) is 9.40. The number of esters is 1. The molecular weight excluding hydrogens is 304 g/mol.